The Kier molecular flexibility index (Phi) is 4.32. The first-order valence-electron chi connectivity index (χ1n) is 5.00. The zero-order valence-corrected chi connectivity index (χ0v) is 10.7. The van der Waals surface area contributed by atoms with Crippen molar-refractivity contribution >= 4 is 13.7 Å². The number of hydrogen-bond donors (Lipinski definition) is 0. The van der Waals surface area contributed by atoms with Crippen LogP contribution in [-0.4, -0.2) is 29.4 Å². The predicted octanol–water partition coefficient (Wildman–Crippen LogP) is 1.66. The third-order valence-corrected chi connectivity index (χ3v) is 5.41. The fraction of sp³-hybridized carbons (Fsp3) is 0.455. The van der Waals surface area contributed by atoms with Gasteiger partial charge in [-0.2, -0.15) is 0 Å². The van der Waals surface area contributed by atoms with Crippen molar-refractivity contribution in [2.45, 2.75) is 13.5 Å². The molecule has 0 aliphatic heterocycles. The van der Waals surface area contributed by atoms with Gasteiger partial charge in [-0.05, 0) is 30.8 Å². The molecule has 0 N–H and O–H groups in total. The van der Waals surface area contributed by atoms with Crippen LogP contribution in [0.3, 0.4) is 0 Å². The lowest BCUT2D eigenvalue weighted by atomic mass is 10.3. The normalized spacial score (nSPS) is 11.5. The molecule has 0 aromatic heterocycles. The highest BCUT2D eigenvalue weighted by Crippen LogP contribution is 2.11. The first-order chi connectivity index (χ1) is 7.16. The Hall–Kier alpha value is -0.843. The van der Waals surface area contributed by atoms with Crippen LogP contribution in [0.1, 0.15) is 6.92 Å². The standard InChI is InChI=1S/C11H18O3Si/c1-5-14-10-6-8-11(9-7-10)15(4,12-2)13-3/h6-9H,5H2,1-4H3. The van der Waals surface area contributed by atoms with Crippen molar-refractivity contribution in [3.05, 3.63) is 24.3 Å². The molecule has 84 valence electrons. The molecule has 0 saturated carbocycles. The van der Waals surface area contributed by atoms with E-state index in [-0.39, 0.29) is 0 Å². The van der Waals surface area contributed by atoms with Gasteiger partial charge in [0.1, 0.15) is 5.75 Å². The van der Waals surface area contributed by atoms with E-state index < -0.39 is 8.56 Å². The molecule has 4 heteroatoms. The molecule has 0 atom stereocenters. The summed E-state index contributed by atoms with van der Waals surface area (Å²) in [5, 5.41) is 1.11. The minimum Gasteiger partial charge on any atom is -0.494 e. The Morgan fingerprint density at radius 2 is 1.60 bits per heavy atom. The van der Waals surface area contributed by atoms with Crippen molar-refractivity contribution in [2.24, 2.45) is 0 Å². The Bertz CT molecular complexity index is 293. The molecule has 1 rings (SSSR count). The molecule has 0 spiro atoms. The van der Waals surface area contributed by atoms with Crippen molar-refractivity contribution in [1.29, 1.82) is 0 Å². The molecule has 0 aliphatic rings. The minimum atomic E-state index is -2.17. The SMILES string of the molecule is CCOc1ccc([Si](C)(OC)OC)cc1. The van der Waals surface area contributed by atoms with Gasteiger partial charge in [0.15, 0.2) is 0 Å². The molecule has 0 bridgehead atoms. The second kappa shape index (κ2) is 5.30. The smallest absolute Gasteiger partial charge is 0.368 e. The third-order valence-electron chi connectivity index (χ3n) is 2.47. The molecule has 1 aromatic rings. The van der Waals surface area contributed by atoms with Crippen molar-refractivity contribution in [2.75, 3.05) is 20.8 Å². The first kappa shape index (κ1) is 12.2. The molecule has 15 heavy (non-hydrogen) atoms. The highest BCUT2D eigenvalue weighted by atomic mass is 28.4. The molecular formula is C11H18O3Si. The molecule has 3 nitrogen and oxygen atoms in total. The Morgan fingerprint density at radius 1 is 1.07 bits per heavy atom. The van der Waals surface area contributed by atoms with Gasteiger partial charge in [0, 0.05) is 14.2 Å². The minimum absolute atomic E-state index is 0.683. The van der Waals surface area contributed by atoms with E-state index in [0.29, 0.717) is 6.61 Å². The van der Waals surface area contributed by atoms with Crippen molar-refractivity contribution in [3.63, 3.8) is 0 Å². The van der Waals surface area contributed by atoms with Crippen LogP contribution in [0.15, 0.2) is 24.3 Å². The van der Waals surface area contributed by atoms with Gasteiger partial charge in [-0.3, -0.25) is 0 Å². The van der Waals surface area contributed by atoms with Gasteiger partial charge in [0.25, 0.3) is 0 Å². The van der Waals surface area contributed by atoms with Gasteiger partial charge in [-0.15, -0.1) is 0 Å². The highest BCUT2D eigenvalue weighted by molar-refractivity contribution is 6.79. The predicted molar refractivity (Wildman–Crippen MR) is 62.9 cm³/mol. The van der Waals surface area contributed by atoms with Crippen LogP contribution in [0.2, 0.25) is 6.55 Å². The Labute approximate surface area is 92.2 Å². The van der Waals surface area contributed by atoms with Crippen LogP contribution >= 0.6 is 0 Å². The number of ether oxygens (including phenoxy) is 1. The zero-order chi connectivity index (χ0) is 11.3. The van der Waals surface area contributed by atoms with E-state index in [9.17, 15) is 0 Å². The topological polar surface area (TPSA) is 27.7 Å². The molecule has 0 amide bonds. The van der Waals surface area contributed by atoms with Crippen molar-refractivity contribution in [3.8, 4) is 5.75 Å². The average molecular weight is 226 g/mol. The molecule has 0 radical (unpaired) electrons. The number of benzene rings is 1. The van der Waals surface area contributed by atoms with E-state index >= 15 is 0 Å². The van der Waals surface area contributed by atoms with E-state index in [2.05, 4.69) is 0 Å². The van der Waals surface area contributed by atoms with Gasteiger partial charge >= 0.3 is 8.56 Å². The number of rotatable bonds is 5. The Morgan fingerprint density at radius 3 is 2.00 bits per heavy atom. The molecule has 0 aliphatic carbocycles. The van der Waals surface area contributed by atoms with Crippen molar-refractivity contribution < 1.29 is 13.6 Å². The van der Waals surface area contributed by atoms with Gasteiger partial charge in [-0.1, -0.05) is 12.1 Å². The summed E-state index contributed by atoms with van der Waals surface area (Å²) in [6, 6.07) is 7.90. The lowest BCUT2D eigenvalue weighted by Gasteiger charge is -2.23. The second-order valence-electron chi connectivity index (χ2n) is 3.31. The van der Waals surface area contributed by atoms with E-state index in [1.807, 2.05) is 37.7 Å². The molecular weight excluding hydrogens is 208 g/mol. The second-order valence-corrected chi connectivity index (χ2v) is 6.60. The summed E-state index contributed by atoms with van der Waals surface area (Å²) >= 11 is 0. The van der Waals surface area contributed by atoms with Crippen LogP contribution in [0.25, 0.3) is 0 Å². The fourth-order valence-corrected chi connectivity index (χ4v) is 2.75. The first-order valence-corrected chi connectivity index (χ1v) is 7.31. The molecule has 0 fully saturated rings. The van der Waals surface area contributed by atoms with Gasteiger partial charge in [0.05, 0.1) is 6.61 Å². The zero-order valence-electron chi connectivity index (χ0n) is 9.74. The largest absolute Gasteiger partial charge is 0.494 e. The van der Waals surface area contributed by atoms with Crippen LogP contribution in [0.4, 0.5) is 0 Å². The highest BCUT2D eigenvalue weighted by Gasteiger charge is 2.31. The summed E-state index contributed by atoms with van der Waals surface area (Å²) in [5.74, 6) is 0.879. The van der Waals surface area contributed by atoms with E-state index in [4.69, 9.17) is 13.6 Å². The summed E-state index contributed by atoms with van der Waals surface area (Å²) < 4.78 is 16.3. The molecule has 0 saturated heterocycles. The van der Waals surface area contributed by atoms with Crippen LogP contribution in [0, 0.1) is 0 Å². The maximum atomic E-state index is 5.45. The summed E-state index contributed by atoms with van der Waals surface area (Å²) in [6.07, 6.45) is 0. The lowest BCUT2D eigenvalue weighted by Crippen LogP contribution is -2.49. The van der Waals surface area contributed by atoms with E-state index in [0.717, 1.165) is 10.9 Å². The lowest BCUT2D eigenvalue weighted by molar-refractivity contribution is 0.265. The molecule has 0 unspecified atom stereocenters. The third kappa shape index (κ3) is 2.81. The summed E-state index contributed by atoms with van der Waals surface area (Å²) in [5.41, 5.74) is 0. The summed E-state index contributed by atoms with van der Waals surface area (Å²) in [7, 11) is 1.20. The molecule has 0 heterocycles. The quantitative estimate of drug-likeness (QED) is 0.715. The number of hydrogen-bond acceptors (Lipinski definition) is 3. The maximum Gasteiger partial charge on any atom is 0.368 e. The van der Waals surface area contributed by atoms with E-state index in [1.165, 1.54) is 0 Å². The summed E-state index contributed by atoms with van der Waals surface area (Å²) in [4.78, 5) is 0. The van der Waals surface area contributed by atoms with Crippen LogP contribution < -0.4 is 9.92 Å². The van der Waals surface area contributed by atoms with Gasteiger partial charge < -0.3 is 13.6 Å². The van der Waals surface area contributed by atoms with Gasteiger partial charge in [-0.25, -0.2) is 0 Å². The van der Waals surface area contributed by atoms with Crippen LogP contribution in [-0.2, 0) is 8.85 Å². The van der Waals surface area contributed by atoms with E-state index in [1.54, 1.807) is 14.2 Å². The summed E-state index contributed by atoms with van der Waals surface area (Å²) in [6.45, 7) is 4.67. The fourth-order valence-electron chi connectivity index (χ4n) is 1.34. The Balaban J connectivity index is 2.87. The van der Waals surface area contributed by atoms with Crippen molar-refractivity contribution in [1.82, 2.24) is 0 Å². The maximum absolute atomic E-state index is 5.45. The molecule has 1 aromatic carbocycles. The van der Waals surface area contributed by atoms with Gasteiger partial charge in [0.2, 0.25) is 0 Å². The average Bonchev–Trinajstić information content (AvgIpc) is 2.29. The monoisotopic (exact) mass is 226 g/mol. The van der Waals surface area contributed by atoms with Crippen LogP contribution in [0.5, 0.6) is 5.75 Å².